The Labute approximate surface area is 209 Å². The lowest BCUT2D eigenvalue weighted by Gasteiger charge is -2.33. The van der Waals surface area contributed by atoms with Gasteiger partial charge in [-0.05, 0) is 83.4 Å². The van der Waals surface area contributed by atoms with Gasteiger partial charge in [-0.3, -0.25) is 4.99 Å². The number of hydrogen-bond acceptors (Lipinski definition) is 3. The van der Waals surface area contributed by atoms with Gasteiger partial charge in [0.25, 0.3) is 0 Å². The number of halogens is 2. The maximum Gasteiger partial charge on any atom is 0.119 e. The molecular formula is C29H23Cl2NO2. The first-order valence-electron chi connectivity index (χ1n) is 11.0. The number of ether oxygens (including phenoxy) is 2. The summed E-state index contributed by atoms with van der Waals surface area (Å²) in [5.74, 6) is 1.54. The van der Waals surface area contributed by atoms with Crippen LogP contribution in [0.15, 0.2) is 96.0 Å². The largest absolute Gasteiger partial charge is 0.497 e. The Hall–Kier alpha value is -3.27. The van der Waals surface area contributed by atoms with E-state index in [0.717, 1.165) is 45.0 Å². The number of rotatable bonds is 5. The van der Waals surface area contributed by atoms with Crippen LogP contribution in [0.5, 0.6) is 11.5 Å². The smallest absolute Gasteiger partial charge is 0.119 e. The maximum atomic E-state index is 6.43. The molecule has 34 heavy (non-hydrogen) atoms. The van der Waals surface area contributed by atoms with Crippen molar-refractivity contribution in [2.45, 2.75) is 12.0 Å². The van der Waals surface area contributed by atoms with E-state index in [-0.39, 0.29) is 12.0 Å². The number of methoxy groups -OCH3 is 2. The Morgan fingerprint density at radius 3 is 1.94 bits per heavy atom. The Bertz CT molecular complexity index is 1360. The summed E-state index contributed by atoms with van der Waals surface area (Å²) in [6, 6.07) is 29.9. The molecule has 1 aliphatic heterocycles. The molecule has 1 heterocycles. The Morgan fingerprint density at radius 2 is 1.29 bits per heavy atom. The highest BCUT2D eigenvalue weighted by Gasteiger charge is 2.34. The predicted molar refractivity (Wildman–Crippen MR) is 139 cm³/mol. The highest BCUT2D eigenvalue weighted by Crippen LogP contribution is 2.46. The first kappa shape index (κ1) is 22.5. The van der Waals surface area contributed by atoms with Gasteiger partial charge in [0.1, 0.15) is 11.5 Å². The van der Waals surface area contributed by atoms with E-state index in [1.165, 1.54) is 0 Å². The molecule has 3 nitrogen and oxygen atoms in total. The fraction of sp³-hybridized carbons (Fsp3) is 0.138. The summed E-state index contributed by atoms with van der Waals surface area (Å²) in [6.07, 6.45) is 0. The van der Waals surface area contributed by atoms with Gasteiger partial charge in [0.15, 0.2) is 0 Å². The minimum Gasteiger partial charge on any atom is -0.497 e. The molecule has 5 rings (SSSR count). The van der Waals surface area contributed by atoms with Crippen LogP contribution >= 0.6 is 23.2 Å². The maximum absolute atomic E-state index is 6.43. The van der Waals surface area contributed by atoms with Crippen LogP contribution in [-0.2, 0) is 0 Å². The van der Waals surface area contributed by atoms with E-state index in [2.05, 4.69) is 24.3 Å². The van der Waals surface area contributed by atoms with E-state index in [4.69, 9.17) is 37.7 Å². The van der Waals surface area contributed by atoms with Crippen LogP contribution in [0.25, 0.3) is 0 Å². The second-order valence-corrected chi connectivity index (χ2v) is 9.06. The first-order valence-corrected chi connectivity index (χ1v) is 11.7. The highest BCUT2D eigenvalue weighted by atomic mass is 35.5. The van der Waals surface area contributed by atoms with Crippen molar-refractivity contribution in [2.24, 2.45) is 4.99 Å². The van der Waals surface area contributed by atoms with E-state index in [0.29, 0.717) is 10.0 Å². The van der Waals surface area contributed by atoms with Gasteiger partial charge >= 0.3 is 0 Å². The third kappa shape index (κ3) is 4.29. The third-order valence-electron chi connectivity index (χ3n) is 6.19. The second kappa shape index (κ2) is 9.54. The molecule has 0 saturated heterocycles. The van der Waals surface area contributed by atoms with Crippen LogP contribution in [-0.4, -0.2) is 19.9 Å². The van der Waals surface area contributed by atoms with Gasteiger partial charge in [0, 0.05) is 27.1 Å². The lowest BCUT2D eigenvalue weighted by Crippen LogP contribution is -2.23. The van der Waals surface area contributed by atoms with Gasteiger partial charge in [0.05, 0.1) is 26.0 Å². The van der Waals surface area contributed by atoms with Crippen LogP contribution in [0.4, 0.5) is 0 Å². The molecule has 4 aromatic carbocycles. The first-order chi connectivity index (χ1) is 16.6. The molecule has 4 aromatic rings. The summed E-state index contributed by atoms with van der Waals surface area (Å²) in [5.41, 5.74) is 6.26. The predicted octanol–water partition coefficient (Wildman–Crippen LogP) is 7.73. The number of hydrogen-bond donors (Lipinski definition) is 0. The summed E-state index contributed by atoms with van der Waals surface area (Å²) in [4.78, 5) is 5.34. The monoisotopic (exact) mass is 487 g/mol. The Balaban J connectivity index is 1.77. The molecule has 170 valence electrons. The zero-order valence-corrected chi connectivity index (χ0v) is 20.3. The third-order valence-corrected chi connectivity index (χ3v) is 6.66. The van der Waals surface area contributed by atoms with Gasteiger partial charge < -0.3 is 9.47 Å². The molecule has 0 aromatic heterocycles. The Kier molecular flexibility index (Phi) is 6.32. The summed E-state index contributed by atoms with van der Waals surface area (Å²) < 4.78 is 11.0. The molecule has 1 aliphatic rings. The van der Waals surface area contributed by atoms with Gasteiger partial charge in [-0.1, -0.05) is 47.5 Å². The second-order valence-electron chi connectivity index (χ2n) is 8.19. The van der Waals surface area contributed by atoms with Crippen LogP contribution in [0.2, 0.25) is 10.0 Å². The van der Waals surface area contributed by atoms with Crippen molar-refractivity contribution in [3.8, 4) is 11.5 Å². The topological polar surface area (TPSA) is 30.8 Å². The fourth-order valence-electron chi connectivity index (χ4n) is 4.59. The van der Waals surface area contributed by atoms with Crippen molar-refractivity contribution >= 4 is 28.9 Å². The summed E-state index contributed by atoms with van der Waals surface area (Å²) in [7, 11) is 3.35. The van der Waals surface area contributed by atoms with E-state index >= 15 is 0 Å². The Morgan fingerprint density at radius 1 is 0.676 bits per heavy atom. The molecule has 0 aliphatic carbocycles. The normalized spacial score (nSPS) is 17.0. The fourth-order valence-corrected chi connectivity index (χ4v) is 4.99. The van der Waals surface area contributed by atoms with E-state index < -0.39 is 0 Å². The molecule has 0 saturated carbocycles. The van der Waals surface area contributed by atoms with Crippen molar-refractivity contribution in [1.29, 1.82) is 0 Å². The summed E-state index contributed by atoms with van der Waals surface area (Å²) in [6.45, 7) is 0. The van der Waals surface area contributed by atoms with Gasteiger partial charge in [-0.2, -0.15) is 0 Å². The highest BCUT2D eigenvalue weighted by molar-refractivity contribution is 6.31. The van der Waals surface area contributed by atoms with Crippen LogP contribution in [0.1, 0.15) is 39.8 Å². The van der Waals surface area contributed by atoms with Crippen molar-refractivity contribution in [3.63, 3.8) is 0 Å². The van der Waals surface area contributed by atoms with Crippen molar-refractivity contribution in [3.05, 3.63) is 129 Å². The molecule has 0 spiro atoms. The van der Waals surface area contributed by atoms with E-state index in [1.54, 1.807) is 14.2 Å². The van der Waals surface area contributed by atoms with Gasteiger partial charge in [0.2, 0.25) is 0 Å². The number of nitrogens with zero attached hydrogens (tertiary/aromatic N) is 1. The molecule has 0 fully saturated rings. The van der Waals surface area contributed by atoms with Crippen molar-refractivity contribution < 1.29 is 9.47 Å². The molecule has 0 N–H and O–H groups in total. The lowest BCUT2D eigenvalue weighted by atomic mass is 9.76. The molecule has 2 unspecified atom stereocenters. The number of fused-ring (bicyclic) bond motifs is 1. The zero-order chi connectivity index (χ0) is 23.7. The van der Waals surface area contributed by atoms with Crippen molar-refractivity contribution in [2.75, 3.05) is 14.2 Å². The summed E-state index contributed by atoms with van der Waals surface area (Å²) in [5, 5.41) is 1.37. The molecule has 5 heteroatoms. The molecule has 0 amide bonds. The number of benzene rings is 4. The van der Waals surface area contributed by atoms with Crippen LogP contribution in [0, 0.1) is 0 Å². The zero-order valence-electron chi connectivity index (χ0n) is 18.8. The van der Waals surface area contributed by atoms with Crippen LogP contribution in [0.3, 0.4) is 0 Å². The lowest BCUT2D eigenvalue weighted by molar-refractivity contribution is 0.413. The number of aliphatic imine (C=N–C) groups is 1. The van der Waals surface area contributed by atoms with Gasteiger partial charge in [-0.25, -0.2) is 0 Å². The average Bonchev–Trinajstić information content (AvgIpc) is 2.87. The SMILES string of the molecule is COc1ccc(C2=NC(c3cccc(Cl)c3)C(c3cccc(Cl)c3)c3cc(OC)ccc32)cc1. The molecule has 0 radical (unpaired) electrons. The van der Waals surface area contributed by atoms with Gasteiger partial charge in [-0.15, -0.1) is 0 Å². The molecule has 0 bridgehead atoms. The molecule has 2 atom stereocenters. The standard InChI is InChI=1S/C29H23Cl2NO2/c1-33-23-11-9-18(10-12-23)28-25-14-13-24(34-2)17-26(25)27(19-5-3-7-21(30)15-19)29(32-28)20-6-4-8-22(31)16-20/h3-17,27,29H,1-2H3. The minimum absolute atomic E-state index is 0.0655. The van der Waals surface area contributed by atoms with E-state index in [9.17, 15) is 0 Å². The van der Waals surface area contributed by atoms with E-state index in [1.807, 2.05) is 66.7 Å². The van der Waals surface area contributed by atoms with Crippen molar-refractivity contribution in [1.82, 2.24) is 0 Å². The average molecular weight is 488 g/mol. The summed E-state index contributed by atoms with van der Waals surface area (Å²) >= 11 is 12.8. The van der Waals surface area contributed by atoms with Crippen LogP contribution < -0.4 is 9.47 Å². The molecular weight excluding hydrogens is 465 g/mol. The minimum atomic E-state index is -0.200. The quantitative estimate of drug-likeness (QED) is 0.288.